The fourth-order valence-corrected chi connectivity index (χ4v) is 3.47. The first kappa shape index (κ1) is 19.1. The van der Waals surface area contributed by atoms with Gasteiger partial charge in [0.25, 0.3) is 0 Å². The Morgan fingerprint density at radius 2 is 1.92 bits per heavy atom. The number of alkyl halides is 3. The van der Waals surface area contributed by atoms with Gasteiger partial charge in [0.1, 0.15) is 0 Å². The molecule has 1 N–H and O–H groups in total. The van der Waals surface area contributed by atoms with Crippen molar-refractivity contribution in [2.24, 2.45) is 11.8 Å². The quantitative estimate of drug-likeness (QED) is 0.655. The number of nitrogens with one attached hydrogen (secondary N) is 1. The van der Waals surface area contributed by atoms with Crippen LogP contribution in [0.15, 0.2) is 18.2 Å². The molecule has 0 saturated heterocycles. The van der Waals surface area contributed by atoms with Crippen molar-refractivity contribution >= 4 is 23.2 Å². The average Bonchev–Trinajstić information content (AvgIpc) is 2.54. The van der Waals surface area contributed by atoms with E-state index in [0.29, 0.717) is 5.92 Å². The molecule has 6 heteroatoms. The van der Waals surface area contributed by atoms with Gasteiger partial charge in [0.2, 0.25) is 5.91 Å². The summed E-state index contributed by atoms with van der Waals surface area (Å²) in [5.74, 6) is 0.117. The first-order valence-corrected chi connectivity index (χ1v) is 8.86. The van der Waals surface area contributed by atoms with Crippen LogP contribution in [0.5, 0.6) is 0 Å². The number of rotatable bonds is 5. The lowest BCUT2D eigenvalue weighted by atomic mass is 9.79. The maximum absolute atomic E-state index is 13.1. The molecule has 2 rings (SSSR count). The van der Waals surface area contributed by atoms with Crippen LogP contribution in [-0.4, -0.2) is 5.91 Å². The second-order valence-electron chi connectivity index (χ2n) is 6.54. The molecule has 1 aliphatic rings. The van der Waals surface area contributed by atoms with E-state index >= 15 is 0 Å². The Morgan fingerprint density at radius 1 is 1.25 bits per heavy atom. The summed E-state index contributed by atoms with van der Waals surface area (Å²) in [6.07, 6.45) is 2.43. The summed E-state index contributed by atoms with van der Waals surface area (Å²) in [5, 5.41) is 2.45. The largest absolute Gasteiger partial charge is 0.418 e. The average molecular weight is 362 g/mol. The fraction of sp³-hybridized carbons (Fsp3) is 0.611. The van der Waals surface area contributed by atoms with Crippen molar-refractivity contribution in [2.75, 3.05) is 5.32 Å². The molecule has 0 aromatic heterocycles. The van der Waals surface area contributed by atoms with Crippen LogP contribution < -0.4 is 5.32 Å². The van der Waals surface area contributed by atoms with Crippen molar-refractivity contribution in [3.05, 3.63) is 28.8 Å². The number of hydrogen-bond donors (Lipinski definition) is 1. The Labute approximate surface area is 145 Å². The zero-order valence-electron chi connectivity index (χ0n) is 13.8. The highest BCUT2D eigenvalue weighted by molar-refractivity contribution is 6.30. The number of benzene rings is 1. The highest BCUT2D eigenvalue weighted by atomic mass is 35.5. The lowest BCUT2D eigenvalue weighted by molar-refractivity contribution is -0.137. The first-order chi connectivity index (χ1) is 11.3. The molecule has 1 fully saturated rings. The Morgan fingerprint density at radius 3 is 2.50 bits per heavy atom. The first-order valence-electron chi connectivity index (χ1n) is 8.49. The van der Waals surface area contributed by atoms with Gasteiger partial charge in [0, 0.05) is 10.9 Å². The molecule has 1 saturated carbocycles. The molecule has 1 aromatic rings. The molecule has 0 bridgehead atoms. The van der Waals surface area contributed by atoms with E-state index in [4.69, 9.17) is 11.6 Å². The highest BCUT2D eigenvalue weighted by Crippen LogP contribution is 2.38. The molecule has 2 nitrogen and oxygen atoms in total. The third kappa shape index (κ3) is 5.13. The molecule has 1 aromatic carbocycles. The van der Waals surface area contributed by atoms with Gasteiger partial charge in [-0.25, -0.2) is 0 Å². The van der Waals surface area contributed by atoms with E-state index in [1.165, 1.54) is 25.0 Å². The summed E-state index contributed by atoms with van der Waals surface area (Å²) in [4.78, 5) is 12.3. The van der Waals surface area contributed by atoms with E-state index < -0.39 is 11.7 Å². The monoisotopic (exact) mass is 361 g/mol. The predicted octanol–water partition coefficient (Wildman–Crippen LogP) is 6.29. The third-order valence-corrected chi connectivity index (χ3v) is 4.96. The fourth-order valence-electron chi connectivity index (χ4n) is 3.30. The molecule has 134 valence electrons. The number of carbonyl (C=O) groups is 1. The highest BCUT2D eigenvalue weighted by Gasteiger charge is 2.35. The molecule has 0 atom stereocenters. The molecule has 0 spiro atoms. The molecule has 0 radical (unpaired) electrons. The van der Waals surface area contributed by atoms with E-state index in [2.05, 4.69) is 12.2 Å². The Hall–Kier alpha value is -1.23. The van der Waals surface area contributed by atoms with Crippen molar-refractivity contribution < 1.29 is 18.0 Å². The van der Waals surface area contributed by atoms with Gasteiger partial charge in [-0.1, -0.05) is 37.8 Å². The topological polar surface area (TPSA) is 29.1 Å². The van der Waals surface area contributed by atoms with Crippen LogP contribution in [0.3, 0.4) is 0 Å². The molecule has 0 unspecified atom stereocenters. The number of halogens is 4. The van der Waals surface area contributed by atoms with E-state index in [1.807, 2.05) is 0 Å². The summed E-state index contributed by atoms with van der Waals surface area (Å²) in [6, 6.07) is 3.42. The van der Waals surface area contributed by atoms with Crippen LogP contribution >= 0.6 is 11.6 Å². The van der Waals surface area contributed by atoms with E-state index in [-0.39, 0.29) is 22.5 Å². The molecule has 0 aliphatic heterocycles. The van der Waals surface area contributed by atoms with Crippen LogP contribution in [0.1, 0.15) is 57.4 Å². The number of anilines is 1. The van der Waals surface area contributed by atoms with E-state index in [1.54, 1.807) is 0 Å². The zero-order valence-corrected chi connectivity index (χ0v) is 14.5. The summed E-state index contributed by atoms with van der Waals surface area (Å²) >= 11 is 5.65. The Bertz CT molecular complexity index is 566. The SMILES string of the molecule is CCCCC1CCC(C(=O)Nc2ccc(Cl)cc2C(F)(F)F)CC1. The zero-order chi connectivity index (χ0) is 17.7. The number of amides is 1. The number of hydrogen-bond acceptors (Lipinski definition) is 1. The molecule has 0 heterocycles. The minimum absolute atomic E-state index is 0.00300. The molecule has 1 amide bonds. The van der Waals surface area contributed by atoms with Crippen molar-refractivity contribution in [3.8, 4) is 0 Å². The standard InChI is InChI=1S/C18H23ClF3NO/c1-2-3-4-12-5-7-13(8-6-12)17(24)23-16-10-9-14(19)11-15(16)18(20,21)22/h9-13H,2-8H2,1H3,(H,23,24). The van der Waals surface area contributed by atoms with Gasteiger partial charge in [0.05, 0.1) is 11.3 Å². The van der Waals surface area contributed by atoms with Crippen LogP contribution in [0.2, 0.25) is 5.02 Å². The Kier molecular flexibility index (Phi) is 6.55. The lowest BCUT2D eigenvalue weighted by Gasteiger charge is -2.28. The third-order valence-electron chi connectivity index (χ3n) is 4.73. The minimum atomic E-state index is -4.55. The van der Waals surface area contributed by atoms with Crippen LogP contribution in [0.4, 0.5) is 18.9 Å². The van der Waals surface area contributed by atoms with E-state index in [0.717, 1.165) is 38.2 Å². The van der Waals surface area contributed by atoms with Crippen LogP contribution in [0, 0.1) is 11.8 Å². The smallest absolute Gasteiger partial charge is 0.325 e. The van der Waals surface area contributed by atoms with Crippen molar-refractivity contribution in [1.29, 1.82) is 0 Å². The Balaban J connectivity index is 1.99. The van der Waals surface area contributed by atoms with Crippen LogP contribution in [0.25, 0.3) is 0 Å². The molecular formula is C18H23ClF3NO. The van der Waals surface area contributed by atoms with Gasteiger partial charge < -0.3 is 5.32 Å². The lowest BCUT2D eigenvalue weighted by Crippen LogP contribution is -2.28. The predicted molar refractivity (Wildman–Crippen MR) is 90.1 cm³/mol. The van der Waals surface area contributed by atoms with Gasteiger partial charge in [0.15, 0.2) is 0 Å². The number of carbonyl (C=O) groups excluding carboxylic acids is 1. The van der Waals surface area contributed by atoms with Gasteiger partial charge in [-0.3, -0.25) is 4.79 Å². The maximum Gasteiger partial charge on any atom is 0.418 e. The summed E-state index contributed by atoms with van der Waals surface area (Å²) in [7, 11) is 0. The normalized spacial score (nSPS) is 21.5. The van der Waals surface area contributed by atoms with Gasteiger partial charge in [-0.2, -0.15) is 13.2 Å². The van der Waals surface area contributed by atoms with Crippen molar-refractivity contribution in [1.82, 2.24) is 0 Å². The van der Waals surface area contributed by atoms with Crippen LogP contribution in [-0.2, 0) is 11.0 Å². The van der Waals surface area contributed by atoms with Gasteiger partial charge >= 0.3 is 6.18 Å². The molecular weight excluding hydrogens is 339 g/mol. The molecule has 1 aliphatic carbocycles. The second kappa shape index (κ2) is 8.24. The van der Waals surface area contributed by atoms with Crippen molar-refractivity contribution in [3.63, 3.8) is 0 Å². The molecule has 24 heavy (non-hydrogen) atoms. The van der Waals surface area contributed by atoms with Gasteiger partial charge in [-0.05, 0) is 49.8 Å². The second-order valence-corrected chi connectivity index (χ2v) is 6.97. The summed E-state index contributed by atoms with van der Waals surface area (Å²) < 4.78 is 39.2. The van der Waals surface area contributed by atoms with E-state index in [9.17, 15) is 18.0 Å². The summed E-state index contributed by atoms with van der Waals surface area (Å²) in [6.45, 7) is 2.16. The summed E-state index contributed by atoms with van der Waals surface area (Å²) in [5.41, 5.74) is -1.12. The maximum atomic E-state index is 13.1. The van der Waals surface area contributed by atoms with Crippen molar-refractivity contribution in [2.45, 2.75) is 58.0 Å². The number of unbranched alkanes of at least 4 members (excludes halogenated alkanes) is 1. The minimum Gasteiger partial charge on any atom is -0.325 e. The van der Waals surface area contributed by atoms with Gasteiger partial charge in [-0.15, -0.1) is 0 Å².